The van der Waals surface area contributed by atoms with E-state index in [0.717, 1.165) is 77.0 Å². The molecule has 0 amide bonds. The Morgan fingerprint density at radius 3 is 1.00 bits per heavy atom. The van der Waals surface area contributed by atoms with Gasteiger partial charge in [0.1, 0.15) is 19.8 Å². The van der Waals surface area contributed by atoms with Crippen LogP contribution in [-0.4, -0.2) is 37.7 Å². The fourth-order valence-electron chi connectivity index (χ4n) is 4.27. The van der Waals surface area contributed by atoms with Gasteiger partial charge in [-0.25, -0.2) is 0 Å². The van der Waals surface area contributed by atoms with Crippen molar-refractivity contribution in [1.29, 1.82) is 0 Å². The molecule has 0 saturated carbocycles. The largest absolute Gasteiger partial charge is 0.465 e. The average Bonchev–Trinajstić information content (AvgIpc) is 2.89. The van der Waals surface area contributed by atoms with E-state index in [2.05, 4.69) is 20.8 Å². The number of ether oxygens (including phenoxy) is 3. The molecule has 0 radical (unpaired) electrons. The Morgan fingerprint density at radius 1 is 0.528 bits per heavy atom. The summed E-state index contributed by atoms with van der Waals surface area (Å²) < 4.78 is 17.4. The third kappa shape index (κ3) is 13.1. The van der Waals surface area contributed by atoms with Gasteiger partial charge in [-0.1, -0.05) is 87.0 Å². The van der Waals surface area contributed by atoms with E-state index in [0.29, 0.717) is 6.42 Å². The number of unbranched alkanes of at least 4 members (excludes halogenated alkanes) is 3. The summed E-state index contributed by atoms with van der Waals surface area (Å²) in [6.45, 7) is 14.5. The zero-order valence-corrected chi connectivity index (χ0v) is 24.5. The molecule has 0 aliphatic carbocycles. The lowest BCUT2D eigenvalue weighted by molar-refractivity contribution is -0.168. The molecule has 0 aliphatic heterocycles. The summed E-state index contributed by atoms with van der Waals surface area (Å²) in [7, 11) is 0. The van der Waals surface area contributed by atoms with Crippen LogP contribution < -0.4 is 0 Å². The second-order valence-electron chi connectivity index (χ2n) is 10.4. The number of carbonyl (C=O) groups is 3. The fraction of sp³-hybridized carbons (Fsp3) is 0.900. The van der Waals surface area contributed by atoms with Crippen molar-refractivity contribution in [3.05, 3.63) is 0 Å². The quantitative estimate of drug-likeness (QED) is 0.109. The third-order valence-corrected chi connectivity index (χ3v) is 7.51. The van der Waals surface area contributed by atoms with E-state index in [4.69, 9.17) is 14.2 Å². The van der Waals surface area contributed by atoms with Crippen molar-refractivity contribution in [2.45, 2.75) is 132 Å². The Bertz CT molecular complexity index is 523. The summed E-state index contributed by atoms with van der Waals surface area (Å²) in [5.74, 6) is -1.06. The molecular weight excluding hydrogens is 456 g/mol. The van der Waals surface area contributed by atoms with E-state index < -0.39 is 5.41 Å². The first-order valence-electron chi connectivity index (χ1n) is 14.8. The van der Waals surface area contributed by atoms with Crippen molar-refractivity contribution < 1.29 is 28.6 Å². The highest BCUT2D eigenvalue weighted by Crippen LogP contribution is 2.28. The maximum Gasteiger partial charge on any atom is 0.308 e. The first-order chi connectivity index (χ1) is 17.3. The molecule has 0 spiro atoms. The fourth-order valence-corrected chi connectivity index (χ4v) is 4.27. The van der Waals surface area contributed by atoms with Gasteiger partial charge in [0.05, 0.1) is 23.2 Å². The van der Waals surface area contributed by atoms with Crippen molar-refractivity contribution >= 4 is 17.9 Å². The van der Waals surface area contributed by atoms with E-state index >= 15 is 0 Å². The highest BCUT2D eigenvalue weighted by molar-refractivity contribution is 5.73. The SMILES string of the molecule is CCCC[C@@H](CC)C(=O)OCC(CC)(COC(=O)[C@H](CC)CCCC)COC(=O)[C@@H](CC)CCCC. The standard InChI is InChI=1S/C30H56O6/c1-8-15-18-24(11-4)27(31)34-21-30(14-7,22-35-28(32)25(12-5)19-16-9-2)23-36-29(33)26(13-6)20-17-10-3/h24-26H,8-23H2,1-7H3/t24-,25-,26+/m1/s1. The molecule has 6 nitrogen and oxygen atoms in total. The maximum absolute atomic E-state index is 12.8. The van der Waals surface area contributed by atoms with Crippen molar-refractivity contribution in [2.75, 3.05) is 19.8 Å². The molecule has 0 aliphatic rings. The monoisotopic (exact) mass is 512 g/mol. The normalized spacial score (nSPS) is 14.1. The van der Waals surface area contributed by atoms with Gasteiger partial charge < -0.3 is 14.2 Å². The molecule has 36 heavy (non-hydrogen) atoms. The van der Waals surface area contributed by atoms with Crippen LogP contribution in [0.1, 0.15) is 132 Å². The number of esters is 3. The molecule has 0 heterocycles. The lowest BCUT2D eigenvalue weighted by atomic mass is 9.87. The minimum absolute atomic E-state index is 0.0724. The van der Waals surface area contributed by atoms with Gasteiger partial charge in [0.25, 0.3) is 0 Å². The Balaban J connectivity index is 5.48. The third-order valence-electron chi connectivity index (χ3n) is 7.51. The molecule has 0 aromatic heterocycles. The minimum atomic E-state index is -0.754. The van der Waals surface area contributed by atoms with Gasteiger partial charge in [-0.2, -0.15) is 0 Å². The van der Waals surface area contributed by atoms with Gasteiger partial charge in [-0.15, -0.1) is 0 Å². The molecule has 212 valence electrons. The van der Waals surface area contributed by atoms with Gasteiger partial charge in [-0.3, -0.25) is 14.4 Å². The summed E-state index contributed by atoms with van der Waals surface area (Å²) in [5, 5.41) is 0. The molecule has 0 bridgehead atoms. The molecule has 0 fully saturated rings. The summed E-state index contributed by atoms with van der Waals surface area (Å²) >= 11 is 0. The first kappa shape index (κ1) is 34.4. The minimum Gasteiger partial charge on any atom is -0.465 e. The number of rotatable bonds is 22. The van der Waals surface area contributed by atoms with Crippen LogP contribution >= 0.6 is 0 Å². The van der Waals surface area contributed by atoms with Crippen LogP contribution in [0.15, 0.2) is 0 Å². The maximum atomic E-state index is 12.8. The highest BCUT2D eigenvalue weighted by atomic mass is 16.6. The molecule has 0 unspecified atom stereocenters. The Labute approximate surface area is 221 Å². The lowest BCUT2D eigenvalue weighted by Gasteiger charge is -2.32. The van der Waals surface area contributed by atoms with E-state index in [-0.39, 0.29) is 55.5 Å². The second kappa shape index (κ2) is 20.5. The van der Waals surface area contributed by atoms with Crippen molar-refractivity contribution in [3.63, 3.8) is 0 Å². The van der Waals surface area contributed by atoms with Gasteiger partial charge in [-0.05, 0) is 44.9 Å². The van der Waals surface area contributed by atoms with Crippen LogP contribution in [-0.2, 0) is 28.6 Å². The highest BCUT2D eigenvalue weighted by Gasteiger charge is 2.36. The molecule has 0 saturated heterocycles. The van der Waals surface area contributed by atoms with Crippen LogP contribution in [0.3, 0.4) is 0 Å². The van der Waals surface area contributed by atoms with Crippen molar-refractivity contribution in [2.24, 2.45) is 23.2 Å². The number of hydrogen-bond donors (Lipinski definition) is 0. The molecule has 6 heteroatoms. The van der Waals surface area contributed by atoms with E-state index in [1.54, 1.807) is 0 Å². The molecule has 3 atom stereocenters. The van der Waals surface area contributed by atoms with Crippen LogP contribution in [0.25, 0.3) is 0 Å². The summed E-state index contributed by atoms with van der Waals surface area (Å²) in [5.41, 5.74) is -0.754. The van der Waals surface area contributed by atoms with Gasteiger partial charge in [0.15, 0.2) is 0 Å². The van der Waals surface area contributed by atoms with Gasteiger partial charge in [0, 0.05) is 0 Å². The lowest BCUT2D eigenvalue weighted by Crippen LogP contribution is -2.40. The molecular formula is C30H56O6. The summed E-state index contributed by atoms with van der Waals surface area (Å²) in [4.78, 5) is 38.5. The molecule has 0 N–H and O–H groups in total. The molecule has 0 aromatic carbocycles. The first-order valence-corrected chi connectivity index (χ1v) is 14.8. The summed E-state index contributed by atoms with van der Waals surface area (Å²) in [6, 6.07) is 0. The van der Waals surface area contributed by atoms with Crippen molar-refractivity contribution in [3.8, 4) is 0 Å². The van der Waals surface area contributed by atoms with Gasteiger partial charge in [0.2, 0.25) is 0 Å². The Hall–Kier alpha value is -1.59. The number of carbonyl (C=O) groups excluding carboxylic acids is 3. The van der Waals surface area contributed by atoms with Crippen LogP contribution in [0, 0.1) is 23.2 Å². The van der Waals surface area contributed by atoms with Crippen LogP contribution in [0.4, 0.5) is 0 Å². The van der Waals surface area contributed by atoms with Crippen LogP contribution in [0.2, 0.25) is 0 Å². The molecule has 0 aromatic rings. The second-order valence-corrected chi connectivity index (χ2v) is 10.4. The predicted octanol–water partition coefficient (Wildman–Crippen LogP) is 7.66. The topological polar surface area (TPSA) is 78.9 Å². The average molecular weight is 513 g/mol. The summed E-state index contributed by atoms with van der Waals surface area (Å²) in [6.07, 6.45) is 11.2. The molecule has 0 rings (SSSR count). The Kier molecular flexibility index (Phi) is 19.6. The van der Waals surface area contributed by atoms with E-state index in [1.807, 2.05) is 27.7 Å². The predicted molar refractivity (Wildman–Crippen MR) is 146 cm³/mol. The smallest absolute Gasteiger partial charge is 0.308 e. The zero-order valence-electron chi connectivity index (χ0n) is 24.5. The van der Waals surface area contributed by atoms with Gasteiger partial charge >= 0.3 is 17.9 Å². The Morgan fingerprint density at radius 2 is 0.806 bits per heavy atom. The van der Waals surface area contributed by atoms with Crippen LogP contribution in [0.5, 0.6) is 0 Å². The van der Waals surface area contributed by atoms with E-state index in [9.17, 15) is 14.4 Å². The van der Waals surface area contributed by atoms with Crippen molar-refractivity contribution in [1.82, 2.24) is 0 Å². The zero-order chi connectivity index (χ0) is 27.4. The number of hydrogen-bond acceptors (Lipinski definition) is 6. The van der Waals surface area contributed by atoms with E-state index in [1.165, 1.54) is 0 Å².